The van der Waals surface area contributed by atoms with Gasteiger partial charge >= 0.3 is 0 Å². The highest BCUT2D eigenvalue weighted by Gasteiger charge is 2.26. The third-order valence-electron chi connectivity index (χ3n) is 3.26. The Bertz CT molecular complexity index is 433. The molecule has 4 nitrogen and oxygen atoms in total. The van der Waals surface area contributed by atoms with Crippen LogP contribution in [0.4, 0.5) is 0 Å². The molecule has 0 aromatic rings. The zero-order valence-corrected chi connectivity index (χ0v) is 14.9. The smallest absolute Gasteiger partial charge is 0.169 e. The number of nitrogens with one attached hydrogen (secondary N) is 2. The molecule has 0 saturated carbocycles. The van der Waals surface area contributed by atoms with Gasteiger partial charge in [-0.25, -0.2) is 0 Å². The molecule has 0 aromatic carbocycles. The number of piperazine rings is 1. The van der Waals surface area contributed by atoms with Crippen molar-refractivity contribution in [3.05, 3.63) is 24.3 Å². The van der Waals surface area contributed by atoms with Crippen molar-refractivity contribution < 1.29 is 0 Å². The summed E-state index contributed by atoms with van der Waals surface area (Å²) >= 11 is 10.9. The van der Waals surface area contributed by atoms with Crippen LogP contribution in [0.1, 0.15) is 20.8 Å². The molecule has 118 valence electrons. The van der Waals surface area contributed by atoms with E-state index in [1.54, 1.807) is 0 Å². The molecule has 0 aliphatic carbocycles. The summed E-state index contributed by atoms with van der Waals surface area (Å²) in [4.78, 5) is 4.41. The van der Waals surface area contributed by atoms with Crippen molar-refractivity contribution in [3.63, 3.8) is 0 Å². The number of hydrogen-bond donors (Lipinski definition) is 2. The van der Waals surface area contributed by atoms with E-state index in [0.717, 1.165) is 54.1 Å². The summed E-state index contributed by atoms with van der Waals surface area (Å²) in [7, 11) is 0. The second-order valence-corrected chi connectivity index (χ2v) is 6.49. The van der Waals surface area contributed by atoms with E-state index in [1.807, 2.05) is 13.8 Å². The summed E-state index contributed by atoms with van der Waals surface area (Å²) < 4.78 is 0. The van der Waals surface area contributed by atoms with Crippen molar-refractivity contribution in [1.29, 1.82) is 0 Å². The molecule has 0 radical (unpaired) electrons. The topological polar surface area (TPSA) is 30.5 Å². The maximum atomic E-state index is 5.45. The average molecular weight is 327 g/mol. The third-order valence-corrected chi connectivity index (χ3v) is 4.04. The molecule has 1 fully saturated rings. The normalized spacial score (nSPS) is 18.1. The summed E-state index contributed by atoms with van der Waals surface area (Å²) in [6.07, 6.45) is 0. The van der Waals surface area contributed by atoms with Crippen molar-refractivity contribution in [2.75, 3.05) is 32.7 Å². The fraction of sp³-hybridized carbons (Fsp3) is 0.600. The van der Waals surface area contributed by atoms with Crippen LogP contribution in [-0.4, -0.2) is 58.8 Å². The average Bonchev–Trinajstić information content (AvgIpc) is 2.41. The van der Waals surface area contributed by atoms with E-state index in [4.69, 9.17) is 24.4 Å². The van der Waals surface area contributed by atoms with E-state index in [1.165, 1.54) is 0 Å². The SMILES string of the molecule is C=C(C)CNC(=S)N1CCN(C(=S)NCC(=C)C)[C@H](C)C1. The van der Waals surface area contributed by atoms with Crippen LogP contribution in [0.25, 0.3) is 0 Å². The molecule has 0 aromatic heterocycles. The first kappa shape index (κ1) is 17.9. The van der Waals surface area contributed by atoms with Crippen LogP contribution < -0.4 is 10.6 Å². The van der Waals surface area contributed by atoms with Crippen molar-refractivity contribution in [2.24, 2.45) is 0 Å². The molecule has 1 heterocycles. The summed E-state index contributed by atoms with van der Waals surface area (Å²) in [5, 5.41) is 8.08. The van der Waals surface area contributed by atoms with E-state index in [9.17, 15) is 0 Å². The lowest BCUT2D eigenvalue weighted by Crippen LogP contribution is -2.59. The van der Waals surface area contributed by atoms with Crippen molar-refractivity contribution in [2.45, 2.75) is 26.8 Å². The van der Waals surface area contributed by atoms with Crippen LogP contribution >= 0.6 is 24.4 Å². The van der Waals surface area contributed by atoms with E-state index in [2.05, 4.69) is 40.5 Å². The third kappa shape index (κ3) is 6.01. The molecule has 0 bridgehead atoms. The summed E-state index contributed by atoms with van der Waals surface area (Å²) in [6.45, 7) is 18.0. The van der Waals surface area contributed by atoms with E-state index >= 15 is 0 Å². The van der Waals surface area contributed by atoms with Crippen LogP contribution in [0.3, 0.4) is 0 Å². The highest BCUT2D eigenvalue weighted by molar-refractivity contribution is 7.80. The number of hydrogen-bond acceptors (Lipinski definition) is 2. The second kappa shape index (κ2) is 8.34. The molecular formula is C15H26N4S2. The summed E-state index contributed by atoms with van der Waals surface area (Å²) in [5.41, 5.74) is 2.16. The highest BCUT2D eigenvalue weighted by atomic mass is 32.1. The van der Waals surface area contributed by atoms with Crippen LogP contribution in [0.15, 0.2) is 24.3 Å². The number of nitrogens with zero attached hydrogens (tertiary/aromatic N) is 2. The molecule has 21 heavy (non-hydrogen) atoms. The maximum absolute atomic E-state index is 5.45. The molecule has 1 aliphatic heterocycles. The molecule has 6 heteroatoms. The quantitative estimate of drug-likeness (QED) is 0.606. The van der Waals surface area contributed by atoms with Gasteiger partial charge in [0.1, 0.15) is 0 Å². The van der Waals surface area contributed by atoms with Crippen LogP contribution in [0.5, 0.6) is 0 Å². The fourth-order valence-corrected chi connectivity index (χ4v) is 2.69. The Labute approximate surface area is 139 Å². The van der Waals surface area contributed by atoms with Crippen molar-refractivity contribution in [3.8, 4) is 0 Å². The van der Waals surface area contributed by atoms with Gasteiger partial charge in [-0.1, -0.05) is 24.3 Å². The predicted molar refractivity (Wildman–Crippen MR) is 98.6 cm³/mol. The Morgan fingerprint density at radius 3 is 2.05 bits per heavy atom. The monoisotopic (exact) mass is 326 g/mol. The summed E-state index contributed by atoms with van der Waals surface area (Å²) in [6, 6.07) is 0.327. The molecular weight excluding hydrogens is 300 g/mol. The van der Waals surface area contributed by atoms with Gasteiger partial charge in [-0.15, -0.1) is 0 Å². The van der Waals surface area contributed by atoms with Crippen LogP contribution in [0.2, 0.25) is 0 Å². The number of thiocarbonyl (C=S) groups is 2. The van der Waals surface area contributed by atoms with Gasteiger partial charge in [0.15, 0.2) is 10.2 Å². The van der Waals surface area contributed by atoms with Crippen molar-refractivity contribution in [1.82, 2.24) is 20.4 Å². The highest BCUT2D eigenvalue weighted by Crippen LogP contribution is 2.10. The minimum Gasteiger partial charge on any atom is -0.359 e. The Balaban J connectivity index is 2.46. The minimum atomic E-state index is 0.327. The van der Waals surface area contributed by atoms with E-state index in [0.29, 0.717) is 6.04 Å². The Hall–Kier alpha value is -1.14. The number of rotatable bonds is 4. The van der Waals surface area contributed by atoms with Gasteiger partial charge in [-0.2, -0.15) is 0 Å². The standard InChI is InChI=1S/C15H26N4S2/c1-11(2)8-16-14(20)18-6-7-19(13(5)10-18)15(21)17-9-12(3)4/h13H,1,3,6-10H2,2,4-5H3,(H,16,20)(H,17,21)/t13-/m1/s1. The van der Waals surface area contributed by atoms with Gasteiger partial charge in [-0.3, -0.25) is 0 Å². The first-order valence-corrected chi connectivity index (χ1v) is 7.99. The molecule has 1 saturated heterocycles. The Morgan fingerprint density at radius 2 is 1.57 bits per heavy atom. The molecule has 1 rings (SSSR count). The molecule has 1 aliphatic rings. The van der Waals surface area contributed by atoms with Crippen LogP contribution in [-0.2, 0) is 0 Å². The van der Waals surface area contributed by atoms with Crippen molar-refractivity contribution >= 4 is 34.7 Å². The van der Waals surface area contributed by atoms with E-state index in [-0.39, 0.29) is 0 Å². The molecule has 0 spiro atoms. The van der Waals surface area contributed by atoms with Gasteiger partial charge in [-0.05, 0) is 45.2 Å². The molecule has 2 N–H and O–H groups in total. The van der Waals surface area contributed by atoms with Gasteiger partial charge < -0.3 is 20.4 Å². The van der Waals surface area contributed by atoms with Gasteiger partial charge in [0.05, 0.1) is 0 Å². The maximum Gasteiger partial charge on any atom is 0.169 e. The molecule has 0 amide bonds. The van der Waals surface area contributed by atoms with Gasteiger partial charge in [0.25, 0.3) is 0 Å². The zero-order valence-electron chi connectivity index (χ0n) is 13.2. The van der Waals surface area contributed by atoms with Crippen LogP contribution in [0, 0.1) is 0 Å². The minimum absolute atomic E-state index is 0.327. The fourth-order valence-electron chi connectivity index (χ4n) is 2.11. The lowest BCUT2D eigenvalue weighted by atomic mass is 10.2. The largest absolute Gasteiger partial charge is 0.359 e. The lowest BCUT2D eigenvalue weighted by molar-refractivity contribution is 0.193. The zero-order chi connectivity index (χ0) is 16.0. The first-order chi connectivity index (χ1) is 9.81. The molecule has 0 unspecified atom stereocenters. The van der Waals surface area contributed by atoms with Gasteiger partial charge in [0.2, 0.25) is 0 Å². The first-order valence-electron chi connectivity index (χ1n) is 7.17. The van der Waals surface area contributed by atoms with E-state index < -0.39 is 0 Å². The summed E-state index contributed by atoms with van der Waals surface area (Å²) in [5.74, 6) is 0. The predicted octanol–water partition coefficient (Wildman–Crippen LogP) is 1.89. The van der Waals surface area contributed by atoms with Gasteiger partial charge in [0, 0.05) is 38.8 Å². The second-order valence-electron chi connectivity index (χ2n) is 5.72. The Kier molecular flexibility index (Phi) is 7.11. The lowest BCUT2D eigenvalue weighted by Gasteiger charge is -2.42. The molecule has 1 atom stereocenters. The Morgan fingerprint density at radius 1 is 1.05 bits per heavy atom.